The average molecular weight is 222 g/mol. The van der Waals surface area contributed by atoms with E-state index in [4.69, 9.17) is 9.47 Å². The highest BCUT2D eigenvalue weighted by Crippen LogP contribution is 2.29. The predicted octanol–water partition coefficient (Wildman–Crippen LogP) is 2.70. The van der Waals surface area contributed by atoms with Crippen molar-refractivity contribution < 1.29 is 14.6 Å². The molecule has 0 fully saturated rings. The quantitative estimate of drug-likeness (QED) is 0.778. The molecule has 1 N–H and O–H groups in total. The largest absolute Gasteiger partial charge is 0.497 e. The van der Waals surface area contributed by atoms with Crippen molar-refractivity contribution in [2.45, 2.75) is 20.0 Å². The Balaban J connectivity index is 2.91. The van der Waals surface area contributed by atoms with Gasteiger partial charge < -0.3 is 14.6 Å². The van der Waals surface area contributed by atoms with Crippen molar-refractivity contribution in [3.63, 3.8) is 0 Å². The number of benzene rings is 1. The molecule has 3 nitrogen and oxygen atoms in total. The summed E-state index contributed by atoms with van der Waals surface area (Å²) in [5, 5.41) is 9.59. The van der Waals surface area contributed by atoms with Gasteiger partial charge in [-0.05, 0) is 26.0 Å². The Kier molecular flexibility index (Phi) is 4.86. The molecule has 88 valence electrons. The second kappa shape index (κ2) is 6.18. The smallest absolute Gasteiger partial charge is 0.129 e. The zero-order valence-corrected chi connectivity index (χ0v) is 9.93. The van der Waals surface area contributed by atoms with Gasteiger partial charge in [0.25, 0.3) is 0 Å². The van der Waals surface area contributed by atoms with E-state index in [2.05, 4.69) is 0 Å². The lowest BCUT2D eigenvalue weighted by Crippen LogP contribution is -2.01. The Hall–Kier alpha value is -1.48. The van der Waals surface area contributed by atoms with Gasteiger partial charge in [0.15, 0.2) is 0 Å². The molecule has 0 aliphatic rings. The van der Waals surface area contributed by atoms with E-state index in [0.29, 0.717) is 12.4 Å². The number of hydrogen-bond donors (Lipinski definition) is 1. The van der Waals surface area contributed by atoms with E-state index in [9.17, 15) is 5.11 Å². The summed E-state index contributed by atoms with van der Waals surface area (Å²) >= 11 is 0. The van der Waals surface area contributed by atoms with E-state index < -0.39 is 6.10 Å². The first-order valence-electron chi connectivity index (χ1n) is 5.29. The first-order valence-corrected chi connectivity index (χ1v) is 5.29. The monoisotopic (exact) mass is 222 g/mol. The van der Waals surface area contributed by atoms with Gasteiger partial charge in [0.05, 0.1) is 13.2 Å². The van der Waals surface area contributed by atoms with Crippen LogP contribution in [0.15, 0.2) is 30.4 Å². The van der Waals surface area contributed by atoms with Crippen molar-refractivity contribution in [3.05, 3.63) is 35.9 Å². The van der Waals surface area contributed by atoms with Crippen LogP contribution in [0.25, 0.3) is 0 Å². The lowest BCUT2D eigenvalue weighted by Gasteiger charge is -2.13. The molecule has 1 atom stereocenters. The van der Waals surface area contributed by atoms with Gasteiger partial charge in [0.2, 0.25) is 0 Å². The van der Waals surface area contributed by atoms with Crippen molar-refractivity contribution in [2.75, 3.05) is 13.7 Å². The molecular formula is C13H18O3. The summed E-state index contributed by atoms with van der Waals surface area (Å²) in [7, 11) is 1.60. The summed E-state index contributed by atoms with van der Waals surface area (Å²) in [6, 6.07) is 5.41. The maximum Gasteiger partial charge on any atom is 0.129 e. The second-order valence-corrected chi connectivity index (χ2v) is 3.46. The normalized spacial score (nSPS) is 12.8. The van der Waals surface area contributed by atoms with Crippen LogP contribution in [-0.4, -0.2) is 18.8 Å². The third-order valence-corrected chi connectivity index (χ3v) is 2.24. The van der Waals surface area contributed by atoms with Crippen LogP contribution < -0.4 is 9.47 Å². The third-order valence-electron chi connectivity index (χ3n) is 2.24. The van der Waals surface area contributed by atoms with Gasteiger partial charge in [-0.2, -0.15) is 0 Å². The minimum atomic E-state index is -0.550. The first kappa shape index (κ1) is 12.6. The summed E-state index contributed by atoms with van der Waals surface area (Å²) in [4.78, 5) is 0. The molecule has 1 aromatic carbocycles. The van der Waals surface area contributed by atoms with E-state index in [1.165, 1.54) is 0 Å². The number of allylic oxidation sites excluding steroid dienone is 1. The van der Waals surface area contributed by atoms with Crippen molar-refractivity contribution in [1.29, 1.82) is 0 Å². The summed E-state index contributed by atoms with van der Waals surface area (Å²) < 4.78 is 10.7. The maximum absolute atomic E-state index is 9.59. The zero-order valence-electron chi connectivity index (χ0n) is 9.93. The van der Waals surface area contributed by atoms with Crippen molar-refractivity contribution >= 4 is 0 Å². The molecule has 0 aliphatic heterocycles. The van der Waals surface area contributed by atoms with Crippen LogP contribution in [0, 0.1) is 0 Å². The van der Waals surface area contributed by atoms with Crippen LogP contribution in [0.4, 0.5) is 0 Å². The van der Waals surface area contributed by atoms with Gasteiger partial charge in [-0.25, -0.2) is 0 Å². The van der Waals surface area contributed by atoms with Crippen molar-refractivity contribution in [3.8, 4) is 11.5 Å². The van der Waals surface area contributed by atoms with Gasteiger partial charge in [-0.1, -0.05) is 12.2 Å². The van der Waals surface area contributed by atoms with Crippen LogP contribution in [-0.2, 0) is 0 Å². The summed E-state index contributed by atoms with van der Waals surface area (Å²) in [6.45, 7) is 4.14. The molecule has 0 aromatic heterocycles. The minimum absolute atomic E-state index is 0.489. The van der Waals surface area contributed by atoms with Gasteiger partial charge in [-0.15, -0.1) is 0 Å². The molecule has 0 radical (unpaired) electrons. The Morgan fingerprint density at radius 3 is 2.75 bits per heavy atom. The van der Waals surface area contributed by atoms with Gasteiger partial charge in [-0.3, -0.25) is 0 Å². The fourth-order valence-corrected chi connectivity index (χ4v) is 1.35. The standard InChI is InChI=1S/C13H18O3/c1-4-5-8-16-13-9-11(15-3)6-7-12(13)10(2)14/h4-7,9-10,14H,8H2,1-3H3/b5-4+. The first-order chi connectivity index (χ1) is 7.69. The number of methoxy groups -OCH3 is 1. The Bertz CT molecular complexity index is 356. The molecule has 0 heterocycles. The molecule has 0 saturated carbocycles. The number of aliphatic hydroxyl groups is 1. The molecule has 0 saturated heterocycles. The Labute approximate surface area is 96.3 Å². The Morgan fingerprint density at radius 1 is 1.44 bits per heavy atom. The highest BCUT2D eigenvalue weighted by molar-refractivity contribution is 5.41. The van der Waals surface area contributed by atoms with Crippen LogP contribution in [0.5, 0.6) is 11.5 Å². The number of aliphatic hydroxyl groups excluding tert-OH is 1. The van der Waals surface area contributed by atoms with Gasteiger partial charge in [0, 0.05) is 11.6 Å². The third kappa shape index (κ3) is 3.28. The SMILES string of the molecule is C/C=C/COc1cc(OC)ccc1C(C)O. The number of ether oxygens (including phenoxy) is 2. The number of hydrogen-bond acceptors (Lipinski definition) is 3. The van der Waals surface area contributed by atoms with Crippen LogP contribution >= 0.6 is 0 Å². The zero-order chi connectivity index (χ0) is 12.0. The average Bonchev–Trinajstić information content (AvgIpc) is 2.29. The molecule has 1 unspecified atom stereocenters. The van der Waals surface area contributed by atoms with E-state index in [1.807, 2.05) is 31.2 Å². The molecular weight excluding hydrogens is 204 g/mol. The molecule has 0 bridgehead atoms. The topological polar surface area (TPSA) is 38.7 Å². The van der Waals surface area contributed by atoms with Crippen LogP contribution in [0.3, 0.4) is 0 Å². The van der Waals surface area contributed by atoms with E-state index in [0.717, 1.165) is 11.3 Å². The van der Waals surface area contributed by atoms with Crippen LogP contribution in [0.1, 0.15) is 25.5 Å². The summed E-state index contributed by atoms with van der Waals surface area (Å²) in [5.41, 5.74) is 0.769. The lowest BCUT2D eigenvalue weighted by atomic mass is 10.1. The minimum Gasteiger partial charge on any atom is -0.497 e. The van der Waals surface area contributed by atoms with E-state index >= 15 is 0 Å². The van der Waals surface area contributed by atoms with E-state index in [1.54, 1.807) is 20.1 Å². The van der Waals surface area contributed by atoms with E-state index in [-0.39, 0.29) is 0 Å². The predicted molar refractivity (Wildman–Crippen MR) is 63.9 cm³/mol. The highest BCUT2D eigenvalue weighted by atomic mass is 16.5. The van der Waals surface area contributed by atoms with Gasteiger partial charge in [0.1, 0.15) is 18.1 Å². The highest BCUT2D eigenvalue weighted by Gasteiger charge is 2.09. The Morgan fingerprint density at radius 2 is 2.19 bits per heavy atom. The molecule has 0 aliphatic carbocycles. The fourth-order valence-electron chi connectivity index (χ4n) is 1.35. The van der Waals surface area contributed by atoms with Crippen molar-refractivity contribution in [2.24, 2.45) is 0 Å². The molecule has 1 aromatic rings. The fraction of sp³-hybridized carbons (Fsp3) is 0.385. The molecule has 0 spiro atoms. The molecule has 16 heavy (non-hydrogen) atoms. The van der Waals surface area contributed by atoms with Crippen molar-refractivity contribution in [1.82, 2.24) is 0 Å². The summed E-state index contributed by atoms with van der Waals surface area (Å²) in [6.07, 6.45) is 3.28. The number of rotatable bonds is 5. The summed E-state index contributed by atoms with van der Waals surface area (Å²) in [5.74, 6) is 1.38. The second-order valence-electron chi connectivity index (χ2n) is 3.46. The molecule has 3 heteroatoms. The van der Waals surface area contributed by atoms with Gasteiger partial charge >= 0.3 is 0 Å². The molecule has 0 amide bonds. The van der Waals surface area contributed by atoms with Crippen LogP contribution in [0.2, 0.25) is 0 Å². The molecule has 1 rings (SSSR count). The maximum atomic E-state index is 9.59. The lowest BCUT2D eigenvalue weighted by molar-refractivity contribution is 0.192.